The van der Waals surface area contributed by atoms with Crippen LogP contribution in [0.1, 0.15) is 0 Å². The van der Waals surface area contributed by atoms with Gasteiger partial charge >= 0.3 is 0 Å². The summed E-state index contributed by atoms with van der Waals surface area (Å²) in [5.41, 5.74) is 1.12. The van der Waals surface area contributed by atoms with Crippen LogP contribution < -0.4 is 4.74 Å². The second-order valence-corrected chi connectivity index (χ2v) is 6.90. The lowest BCUT2D eigenvalue weighted by atomic mass is 10.3. The molecule has 4 aromatic rings. The number of halogens is 1. The van der Waals surface area contributed by atoms with Gasteiger partial charge in [-0.2, -0.15) is 0 Å². The van der Waals surface area contributed by atoms with E-state index in [0.717, 1.165) is 15.6 Å². The lowest BCUT2D eigenvalue weighted by Gasteiger charge is -2.05. The summed E-state index contributed by atoms with van der Waals surface area (Å²) >= 11 is 3.20. The van der Waals surface area contributed by atoms with E-state index < -0.39 is 0 Å². The Morgan fingerprint density at radius 2 is 2.04 bits per heavy atom. The van der Waals surface area contributed by atoms with Crippen LogP contribution in [-0.2, 0) is 0 Å². The summed E-state index contributed by atoms with van der Waals surface area (Å²) in [6.45, 7) is 0.477. The van der Waals surface area contributed by atoms with Gasteiger partial charge in [0.2, 0.25) is 4.96 Å². The van der Waals surface area contributed by atoms with E-state index in [2.05, 4.69) is 26.7 Å². The highest BCUT2D eigenvalue weighted by Gasteiger charge is 2.12. The van der Waals surface area contributed by atoms with Crippen molar-refractivity contribution in [3.05, 3.63) is 54.3 Å². The highest BCUT2D eigenvalue weighted by Crippen LogP contribution is 2.29. The van der Waals surface area contributed by atoms with Crippen LogP contribution in [0.15, 0.2) is 53.7 Å². The van der Waals surface area contributed by atoms with Crippen molar-refractivity contribution in [3.63, 3.8) is 0 Å². The molecule has 0 aliphatic carbocycles. The van der Waals surface area contributed by atoms with Gasteiger partial charge in [-0.05, 0) is 24.3 Å². The van der Waals surface area contributed by atoms with Crippen molar-refractivity contribution in [2.45, 2.75) is 5.16 Å². The highest BCUT2D eigenvalue weighted by atomic mass is 32.2. The maximum Gasteiger partial charge on any atom is 0.217 e. The summed E-state index contributed by atoms with van der Waals surface area (Å²) in [5.74, 6) is 0.957. The van der Waals surface area contributed by atoms with Gasteiger partial charge in [-0.3, -0.25) is 4.40 Å². The molecule has 0 radical (unpaired) electrons. The lowest BCUT2D eigenvalue weighted by Crippen LogP contribution is -2.01. The van der Waals surface area contributed by atoms with Crippen LogP contribution in [0.4, 0.5) is 4.39 Å². The summed E-state index contributed by atoms with van der Waals surface area (Å²) in [4.78, 5) is 0.889. The number of nitrogens with zero attached hydrogens (tertiary/aromatic N) is 3. The van der Waals surface area contributed by atoms with E-state index in [0.29, 0.717) is 18.1 Å². The van der Waals surface area contributed by atoms with Crippen LogP contribution >= 0.6 is 23.1 Å². The molecule has 0 saturated carbocycles. The van der Waals surface area contributed by atoms with Crippen molar-refractivity contribution < 1.29 is 9.13 Å². The second kappa shape index (κ2) is 6.17. The standard InChI is InChI=1S/C16H12FN3OS2/c17-11-4-3-5-12(10-11)21-8-9-22-15-18-19-16-20(15)13-6-1-2-7-14(13)23-16/h1-7,10H,8-9H2. The molecule has 2 aromatic heterocycles. The van der Waals surface area contributed by atoms with E-state index in [1.165, 1.54) is 16.8 Å². The number of thioether (sulfide) groups is 1. The van der Waals surface area contributed by atoms with Crippen LogP contribution in [0.5, 0.6) is 5.75 Å². The van der Waals surface area contributed by atoms with E-state index in [1.54, 1.807) is 35.2 Å². The Morgan fingerprint density at radius 1 is 1.13 bits per heavy atom. The third kappa shape index (κ3) is 2.89. The molecule has 0 amide bonds. The van der Waals surface area contributed by atoms with Gasteiger partial charge in [0, 0.05) is 11.8 Å². The van der Waals surface area contributed by atoms with Crippen molar-refractivity contribution in [2.75, 3.05) is 12.4 Å². The monoisotopic (exact) mass is 345 g/mol. The first kappa shape index (κ1) is 14.5. The molecule has 0 saturated heterocycles. The molecule has 0 atom stereocenters. The number of fused-ring (bicyclic) bond motifs is 3. The van der Waals surface area contributed by atoms with Crippen LogP contribution in [0.3, 0.4) is 0 Å². The molecule has 4 rings (SSSR count). The number of para-hydroxylation sites is 1. The molecular weight excluding hydrogens is 333 g/mol. The minimum absolute atomic E-state index is 0.293. The molecule has 23 heavy (non-hydrogen) atoms. The minimum atomic E-state index is -0.293. The maximum absolute atomic E-state index is 13.1. The van der Waals surface area contributed by atoms with Gasteiger partial charge in [0.15, 0.2) is 5.16 Å². The Balaban J connectivity index is 1.46. The van der Waals surface area contributed by atoms with Crippen LogP contribution in [0, 0.1) is 5.82 Å². The molecule has 0 spiro atoms. The van der Waals surface area contributed by atoms with Gasteiger partial charge in [0.1, 0.15) is 11.6 Å². The first-order valence-electron chi connectivity index (χ1n) is 7.05. The Labute approximate surface area is 139 Å². The molecule has 0 aliphatic rings. The van der Waals surface area contributed by atoms with Gasteiger partial charge in [-0.15, -0.1) is 10.2 Å². The molecule has 0 N–H and O–H groups in total. The number of aromatic nitrogens is 3. The first-order valence-corrected chi connectivity index (χ1v) is 8.85. The average Bonchev–Trinajstić information content (AvgIpc) is 3.11. The molecule has 2 aromatic carbocycles. The smallest absolute Gasteiger partial charge is 0.217 e. The van der Waals surface area contributed by atoms with Crippen LogP contribution in [0.2, 0.25) is 0 Å². The number of benzene rings is 2. The van der Waals surface area contributed by atoms with E-state index >= 15 is 0 Å². The summed E-state index contributed by atoms with van der Waals surface area (Å²) in [7, 11) is 0. The number of hydrogen-bond acceptors (Lipinski definition) is 5. The zero-order valence-corrected chi connectivity index (χ0v) is 13.6. The molecular formula is C16H12FN3OS2. The van der Waals surface area contributed by atoms with E-state index in [-0.39, 0.29) is 5.82 Å². The number of thiazole rings is 1. The Hall–Kier alpha value is -2.12. The molecule has 0 fully saturated rings. The molecule has 7 heteroatoms. The predicted molar refractivity (Wildman–Crippen MR) is 91.0 cm³/mol. The molecule has 2 heterocycles. The van der Waals surface area contributed by atoms with Crippen molar-refractivity contribution >= 4 is 38.3 Å². The van der Waals surface area contributed by atoms with E-state index in [9.17, 15) is 4.39 Å². The fraction of sp³-hybridized carbons (Fsp3) is 0.125. The van der Waals surface area contributed by atoms with E-state index in [1.807, 2.05) is 12.1 Å². The quantitative estimate of drug-likeness (QED) is 0.400. The average molecular weight is 345 g/mol. The zero-order chi connectivity index (χ0) is 15.6. The Bertz CT molecular complexity index is 966. The van der Waals surface area contributed by atoms with Gasteiger partial charge < -0.3 is 4.74 Å². The number of rotatable bonds is 5. The van der Waals surface area contributed by atoms with Gasteiger partial charge in [-0.25, -0.2) is 4.39 Å². The molecule has 0 unspecified atom stereocenters. The third-order valence-electron chi connectivity index (χ3n) is 3.29. The summed E-state index contributed by atoms with van der Waals surface area (Å²) in [5, 5.41) is 9.31. The molecule has 4 nitrogen and oxygen atoms in total. The molecule has 0 aliphatic heterocycles. The largest absolute Gasteiger partial charge is 0.493 e. The van der Waals surface area contributed by atoms with Gasteiger partial charge in [0.05, 0.1) is 16.8 Å². The van der Waals surface area contributed by atoms with Gasteiger partial charge in [0.25, 0.3) is 0 Å². The fourth-order valence-corrected chi connectivity index (χ4v) is 4.08. The Kier molecular flexibility index (Phi) is 3.88. The van der Waals surface area contributed by atoms with Crippen LogP contribution in [0.25, 0.3) is 15.2 Å². The van der Waals surface area contributed by atoms with Crippen molar-refractivity contribution in [2.24, 2.45) is 0 Å². The minimum Gasteiger partial charge on any atom is -0.493 e. The summed E-state index contributed by atoms with van der Waals surface area (Å²) < 4.78 is 21.9. The second-order valence-electron chi connectivity index (χ2n) is 4.82. The number of ether oxygens (including phenoxy) is 1. The van der Waals surface area contributed by atoms with Crippen molar-refractivity contribution in [1.29, 1.82) is 0 Å². The van der Waals surface area contributed by atoms with Crippen molar-refractivity contribution in [1.82, 2.24) is 14.6 Å². The van der Waals surface area contributed by atoms with Crippen LogP contribution in [-0.4, -0.2) is 27.0 Å². The first-order chi connectivity index (χ1) is 11.3. The SMILES string of the molecule is Fc1cccc(OCCSc2nnc3sc4ccccc4n23)c1. The molecule has 116 valence electrons. The summed E-state index contributed by atoms with van der Waals surface area (Å²) in [6.07, 6.45) is 0. The fourth-order valence-electron chi connectivity index (χ4n) is 2.30. The zero-order valence-electron chi connectivity index (χ0n) is 12.0. The predicted octanol–water partition coefficient (Wildman–Crippen LogP) is 4.25. The van der Waals surface area contributed by atoms with Gasteiger partial charge in [-0.1, -0.05) is 41.3 Å². The maximum atomic E-state index is 13.1. The topological polar surface area (TPSA) is 39.4 Å². The lowest BCUT2D eigenvalue weighted by molar-refractivity contribution is 0.342. The third-order valence-corrected chi connectivity index (χ3v) is 5.20. The normalized spacial score (nSPS) is 11.3. The molecule has 0 bridgehead atoms. The highest BCUT2D eigenvalue weighted by molar-refractivity contribution is 7.99. The van der Waals surface area contributed by atoms with E-state index in [4.69, 9.17) is 4.74 Å². The summed E-state index contributed by atoms with van der Waals surface area (Å²) in [6, 6.07) is 14.3. The number of hydrogen-bond donors (Lipinski definition) is 0. The van der Waals surface area contributed by atoms with Crippen molar-refractivity contribution in [3.8, 4) is 5.75 Å². The Morgan fingerprint density at radius 3 is 2.96 bits per heavy atom.